The second-order valence-electron chi connectivity index (χ2n) is 4.90. The van der Waals surface area contributed by atoms with Gasteiger partial charge in [-0.05, 0) is 44.9 Å². The topological polar surface area (TPSA) is 129 Å². The van der Waals surface area contributed by atoms with Crippen molar-refractivity contribution < 1.29 is 19.1 Å². The number of esters is 2. The molecule has 0 radical (unpaired) electrons. The van der Waals surface area contributed by atoms with Crippen LogP contribution in [0.3, 0.4) is 0 Å². The van der Waals surface area contributed by atoms with Crippen molar-refractivity contribution in [3.05, 3.63) is 18.2 Å². The quantitative estimate of drug-likeness (QED) is 0.206. The molecule has 0 bridgehead atoms. The molecule has 0 aliphatic rings. The molecule has 0 fully saturated rings. The van der Waals surface area contributed by atoms with E-state index in [2.05, 4.69) is 10.5 Å². The fourth-order valence-corrected chi connectivity index (χ4v) is 1.92. The Bertz CT molecular complexity index is 571. The van der Waals surface area contributed by atoms with Gasteiger partial charge in [-0.25, -0.2) is 0 Å². The van der Waals surface area contributed by atoms with Gasteiger partial charge in [0.15, 0.2) is 5.92 Å². The predicted molar refractivity (Wildman–Crippen MR) is 93.4 cm³/mol. The van der Waals surface area contributed by atoms with Gasteiger partial charge in [0.05, 0.1) is 24.6 Å². The molecule has 0 spiro atoms. The molecule has 132 valence electrons. The summed E-state index contributed by atoms with van der Waals surface area (Å²) >= 11 is 0. The van der Waals surface area contributed by atoms with E-state index in [9.17, 15) is 9.59 Å². The van der Waals surface area contributed by atoms with Crippen molar-refractivity contribution in [2.75, 3.05) is 30.1 Å². The second kappa shape index (κ2) is 10.1. The first kappa shape index (κ1) is 19.3. The lowest BCUT2D eigenvalue weighted by Crippen LogP contribution is -2.28. The molecular formula is C16H24N4O4. The summed E-state index contributed by atoms with van der Waals surface area (Å²) in [7, 11) is 0. The highest BCUT2D eigenvalue weighted by atomic mass is 16.6. The molecule has 8 nitrogen and oxygen atoms in total. The fraction of sp³-hybridized carbons (Fsp3) is 0.438. The molecule has 0 heterocycles. The van der Waals surface area contributed by atoms with Gasteiger partial charge in [-0.15, -0.1) is 0 Å². The SMILES string of the molecule is CCOC(=O)C(CC/C=N/Nc1ccc(N)cc1N)C(=O)OCC. The van der Waals surface area contributed by atoms with Crippen molar-refractivity contribution in [2.24, 2.45) is 11.0 Å². The Morgan fingerprint density at radius 2 is 1.83 bits per heavy atom. The number of carbonyl (C=O) groups excluding carboxylic acids is 2. The smallest absolute Gasteiger partial charge is 0.320 e. The van der Waals surface area contributed by atoms with E-state index >= 15 is 0 Å². The Kier molecular flexibility index (Phi) is 8.10. The molecule has 0 unspecified atom stereocenters. The first-order valence-electron chi connectivity index (χ1n) is 7.75. The van der Waals surface area contributed by atoms with Gasteiger partial charge < -0.3 is 20.9 Å². The zero-order valence-electron chi connectivity index (χ0n) is 14.0. The summed E-state index contributed by atoms with van der Waals surface area (Å²) in [4.78, 5) is 23.6. The van der Waals surface area contributed by atoms with Crippen LogP contribution in [-0.2, 0) is 19.1 Å². The molecular weight excluding hydrogens is 312 g/mol. The van der Waals surface area contributed by atoms with Crippen LogP contribution in [0.2, 0.25) is 0 Å². The number of ether oxygens (including phenoxy) is 2. The Hall–Kier alpha value is -2.77. The summed E-state index contributed by atoms with van der Waals surface area (Å²) in [5.41, 5.74) is 15.8. The summed E-state index contributed by atoms with van der Waals surface area (Å²) in [6.45, 7) is 3.78. The number of hydrogen-bond acceptors (Lipinski definition) is 8. The van der Waals surface area contributed by atoms with Gasteiger partial charge in [-0.2, -0.15) is 5.10 Å². The predicted octanol–water partition coefficient (Wildman–Crippen LogP) is 1.77. The molecule has 8 heteroatoms. The highest BCUT2D eigenvalue weighted by Crippen LogP contribution is 2.20. The molecule has 24 heavy (non-hydrogen) atoms. The van der Waals surface area contributed by atoms with Crippen molar-refractivity contribution in [2.45, 2.75) is 26.7 Å². The molecule has 0 aliphatic carbocycles. The van der Waals surface area contributed by atoms with E-state index in [0.717, 1.165) is 0 Å². The van der Waals surface area contributed by atoms with E-state index in [1.807, 2.05) is 0 Å². The number of carbonyl (C=O) groups is 2. The highest BCUT2D eigenvalue weighted by Gasteiger charge is 2.28. The number of rotatable bonds is 9. The van der Waals surface area contributed by atoms with Crippen molar-refractivity contribution in [3.63, 3.8) is 0 Å². The molecule has 0 aliphatic heterocycles. The average Bonchev–Trinajstić information content (AvgIpc) is 2.52. The third kappa shape index (κ3) is 6.15. The lowest BCUT2D eigenvalue weighted by Gasteiger charge is -2.13. The summed E-state index contributed by atoms with van der Waals surface area (Å²) in [5, 5.41) is 4.01. The van der Waals surface area contributed by atoms with E-state index in [0.29, 0.717) is 23.5 Å². The lowest BCUT2D eigenvalue weighted by atomic mass is 10.0. The van der Waals surface area contributed by atoms with Gasteiger partial charge in [-0.1, -0.05) is 0 Å². The largest absolute Gasteiger partial charge is 0.465 e. The van der Waals surface area contributed by atoms with Crippen LogP contribution in [0.25, 0.3) is 0 Å². The Labute approximate surface area is 141 Å². The van der Waals surface area contributed by atoms with Crippen LogP contribution in [0, 0.1) is 5.92 Å². The Morgan fingerprint density at radius 3 is 2.38 bits per heavy atom. The minimum atomic E-state index is -0.946. The summed E-state index contributed by atoms with van der Waals surface area (Å²) in [6.07, 6.45) is 2.20. The molecule has 0 saturated heterocycles. The number of hydrazone groups is 1. The summed E-state index contributed by atoms with van der Waals surface area (Å²) in [5.74, 6) is -2.11. The maximum Gasteiger partial charge on any atom is 0.320 e. The maximum atomic E-state index is 11.8. The van der Waals surface area contributed by atoms with Crippen LogP contribution < -0.4 is 16.9 Å². The first-order chi connectivity index (χ1) is 11.5. The van der Waals surface area contributed by atoms with E-state index in [4.69, 9.17) is 20.9 Å². The number of hydrogen-bond donors (Lipinski definition) is 3. The van der Waals surface area contributed by atoms with Crippen molar-refractivity contribution in [1.82, 2.24) is 0 Å². The summed E-state index contributed by atoms with van der Waals surface area (Å²) < 4.78 is 9.79. The molecule has 0 aromatic heterocycles. The van der Waals surface area contributed by atoms with Gasteiger partial charge in [0, 0.05) is 11.9 Å². The lowest BCUT2D eigenvalue weighted by molar-refractivity contribution is -0.161. The average molecular weight is 336 g/mol. The zero-order chi connectivity index (χ0) is 17.9. The molecule has 5 N–H and O–H groups in total. The first-order valence-corrected chi connectivity index (χ1v) is 7.75. The normalized spacial score (nSPS) is 10.8. The van der Waals surface area contributed by atoms with E-state index in [1.165, 1.54) is 0 Å². The number of benzene rings is 1. The number of nitrogen functional groups attached to an aromatic ring is 2. The minimum absolute atomic E-state index is 0.209. The van der Waals surface area contributed by atoms with Gasteiger partial charge in [0.25, 0.3) is 0 Å². The van der Waals surface area contributed by atoms with Gasteiger partial charge in [0.1, 0.15) is 0 Å². The standard InChI is InChI=1S/C16H24N4O4/c1-3-23-15(21)12(16(22)24-4-2)6-5-9-19-20-14-8-7-11(17)10-13(14)18/h7-10,12,20H,3-6,17-18H2,1-2H3/b19-9+. The fourth-order valence-electron chi connectivity index (χ4n) is 1.92. The van der Waals surface area contributed by atoms with Crippen LogP contribution in [0.5, 0.6) is 0 Å². The Morgan fingerprint density at radius 1 is 1.21 bits per heavy atom. The molecule has 1 rings (SSSR count). The minimum Gasteiger partial charge on any atom is -0.465 e. The van der Waals surface area contributed by atoms with Crippen molar-refractivity contribution in [3.8, 4) is 0 Å². The summed E-state index contributed by atoms with van der Waals surface area (Å²) in [6, 6.07) is 5.03. The zero-order valence-corrected chi connectivity index (χ0v) is 14.0. The van der Waals surface area contributed by atoms with Gasteiger partial charge in [0.2, 0.25) is 0 Å². The molecule has 1 aromatic carbocycles. The van der Waals surface area contributed by atoms with Crippen molar-refractivity contribution in [1.29, 1.82) is 0 Å². The molecule has 0 saturated carbocycles. The van der Waals surface area contributed by atoms with Crippen LogP contribution in [0.4, 0.5) is 17.1 Å². The number of nitrogens with zero attached hydrogens (tertiary/aromatic N) is 1. The molecule has 0 atom stereocenters. The van der Waals surface area contributed by atoms with Crippen LogP contribution in [0.1, 0.15) is 26.7 Å². The van der Waals surface area contributed by atoms with Gasteiger partial charge in [-0.3, -0.25) is 15.0 Å². The van der Waals surface area contributed by atoms with Crippen LogP contribution in [-0.4, -0.2) is 31.4 Å². The second-order valence-corrected chi connectivity index (χ2v) is 4.90. The van der Waals surface area contributed by atoms with E-state index < -0.39 is 17.9 Å². The third-order valence-electron chi connectivity index (χ3n) is 3.08. The maximum absolute atomic E-state index is 11.8. The van der Waals surface area contributed by atoms with Crippen LogP contribution in [0.15, 0.2) is 23.3 Å². The monoisotopic (exact) mass is 336 g/mol. The number of nitrogens with one attached hydrogen (secondary N) is 1. The number of nitrogens with two attached hydrogens (primary N) is 2. The highest BCUT2D eigenvalue weighted by molar-refractivity contribution is 5.95. The van der Waals surface area contributed by atoms with E-state index in [-0.39, 0.29) is 19.6 Å². The van der Waals surface area contributed by atoms with Crippen LogP contribution >= 0.6 is 0 Å². The van der Waals surface area contributed by atoms with E-state index in [1.54, 1.807) is 38.3 Å². The molecule has 0 amide bonds. The van der Waals surface area contributed by atoms with Gasteiger partial charge >= 0.3 is 11.9 Å². The number of anilines is 3. The molecule has 1 aromatic rings. The van der Waals surface area contributed by atoms with Crippen molar-refractivity contribution >= 4 is 35.2 Å². The Balaban J connectivity index is 2.54. The third-order valence-corrected chi connectivity index (χ3v) is 3.08.